The molecule has 0 atom stereocenters. The van der Waals surface area contributed by atoms with E-state index in [0.717, 1.165) is 16.0 Å². The number of rotatable bonds is 3. The molecule has 1 rings (SSSR count). The van der Waals surface area contributed by atoms with E-state index in [1.54, 1.807) is 18.7 Å². The van der Waals surface area contributed by atoms with E-state index >= 15 is 0 Å². The number of hydrogen-bond donors (Lipinski definition) is 1. The fraction of sp³-hybridized carbons (Fsp3) is 0.300. The number of benzene rings is 1. The van der Waals surface area contributed by atoms with Gasteiger partial charge in [-0.3, -0.25) is 4.79 Å². The lowest BCUT2D eigenvalue weighted by atomic mass is 10.1. The van der Waals surface area contributed by atoms with Gasteiger partial charge in [0.1, 0.15) is 0 Å². The summed E-state index contributed by atoms with van der Waals surface area (Å²) >= 11 is 1.58. The highest BCUT2D eigenvalue weighted by Gasteiger charge is 2.06. The zero-order chi connectivity index (χ0) is 9.84. The van der Waals surface area contributed by atoms with E-state index in [1.165, 1.54) is 0 Å². The van der Waals surface area contributed by atoms with Crippen molar-refractivity contribution in [2.45, 2.75) is 18.4 Å². The topological polar surface area (TPSA) is 43.1 Å². The van der Waals surface area contributed by atoms with E-state index in [2.05, 4.69) is 0 Å². The Labute approximate surface area is 82.5 Å². The summed E-state index contributed by atoms with van der Waals surface area (Å²) in [4.78, 5) is 12.2. The summed E-state index contributed by atoms with van der Waals surface area (Å²) in [5.41, 5.74) is 7.35. The van der Waals surface area contributed by atoms with Gasteiger partial charge in [0.2, 0.25) is 0 Å². The third-order valence-corrected chi connectivity index (χ3v) is 2.66. The molecule has 2 nitrogen and oxygen atoms in total. The van der Waals surface area contributed by atoms with Crippen molar-refractivity contribution in [3.63, 3.8) is 0 Å². The van der Waals surface area contributed by atoms with Gasteiger partial charge in [-0.25, -0.2) is 0 Å². The van der Waals surface area contributed by atoms with Crippen molar-refractivity contribution in [3.05, 3.63) is 29.3 Å². The Morgan fingerprint density at radius 2 is 2.23 bits per heavy atom. The molecule has 3 heteroatoms. The normalized spacial score (nSPS) is 10.1. The first kappa shape index (κ1) is 10.3. The number of thioether (sulfide) groups is 1. The second kappa shape index (κ2) is 4.44. The second-order valence-corrected chi connectivity index (χ2v) is 3.64. The van der Waals surface area contributed by atoms with E-state index in [4.69, 9.17) is 5.73 Å². The lowest BCUT2D eigenvalue weighted by Crippen LogP contribution is -2.00. The van der Waals surface area contributed by atoms with Crippen LogP contribution in [0.15, 0.2) is 23.1 Å². The number of Topliss-reactive ketones (excluding diaryl/α,β-unsaturated/α-hetero) is 1. The third-order valence-electron chi connectivity index (χ3n) is 1.88. The van der Waals surface area contributed by atoms with Gasteiger partial charge >= 0.3 is 0 Å². The van der Waals surface area contributed by atoms with Gasteiger partial charge in [0.25, 0.3) is 0 Å². The van der Waals surface area contributed by atoms with Crippen molar-refractivity contribution in [1.82, 2.24) is 0 Å². The van der Waals surface area contributed by atoms with E-state index in [1.807, 2.05) is 24.5 Å². The van der Waals surface area contributed by atoms with Crippen LogP contribution < -0.4 is 5.73 Å². The molecule has 0 unspecified atom stereocenters. The van der Waals surface area contributed by atoms with Crippen LogP contribution in [0.3, 0.4) is 0 Å². The number of carbonyl (C=O) groups is 1. The summed E-state index contributed by atoms with van der Waals surface area (Å²) in [6.07, 6.45) is 1.96. The lowest BCUT2D eigenvalue weighted by Gasteiger charge is -2.05. The molecular formula is C10H13NOS. The molecule has 2 N–H and O–H groups in total. The first-order chi connectivity index (χ1) is 6.19. The molecule has 70 valence electrons. The maximum absolute atomic E-state index is 11.2. The number of nitrogens with two attached hydrogens (primary N) is 1. The van der Waals surface area contributed by atoms with Crippen molar-refractivity contribution in [2.24, 2.45) is 5.73 Å². The Kier molecular flexibility index (Phi) is 3.51. The number of ketones is 1. The van der Waals surface area contributed by atoms with Gasteiger partial charge in [0, 0.05) is 17.0 Å². The summed E-state index contributed by atoms with van der Waals surface area (Å²) < 4.78 is 0. The Morgan fingerprint density at radius 3 is 2.69 bits per heavy atom. The van der Waals surface area contributed by atoms with Gasteiger partial charge in [0.15, 0.2) is 5.78 Å². The average molecular weight is 195 g/mol. The molecule has 1 aromatic carbocycles. The molecule has 0 spiro atoms. The van der Waals surface area contributed by atoms with Crippen LogP contribution in [-0.4, -0.2) is 12.0 Å². The van der Waals surface area contributed by atoms with Crippen LogP contribution >= 0.6 is 11.8 Å². The maximum atomic E-state index is 11.2. The van der Waals surface area contributed by atoms with Crippen molar-refractivity contribution < 1.29 is 4.79 Å². The summed E-state index contributed by atoms with van der Waals surface area (Å²) in [5, 5.41) is 0. The lowest BCUT2D eigenvalue weighted by molar-refractivity contribution is 0.101. The number of carbonyl (C=O) groups excluding carboxylic acids is 1. The van der Waals surface area contributed by atoms with E-state index in [9.17, 15) is 4.79 Å². The zero-order valence-electron chi connectivity index (χ0n) is 7.83. The van der Waals surface area contributed by atoms with E-state index < -0.39 is 0 Å². The van der Waals surface area contributed by atoms with Gasteiger partial charge in [0.05, 0.1) is 0 Å². The summed E-state index contributed by atoms with van der Waals surface area (Å²) in [6.45, 7) is 2.10. The van der Waals surface area contributed by atoms with Gasteiger partial charge < -0.3 is 5.73 Å². The minimum absolute atomic E-state index is 0.105. The summed E-state index contributed by atoms with van der Waals surface area (Å²) in [6, 6.07) is 5.72. The molecule has 0 aliphatic rings. The van der Waals surface area contributed by atoms with Gasteiger partial charge in [-0.15, -0.1) is 11.8 Å². The molecule has 0 bridgehead atoms. The Bertz CT molecular complexity index is 323. The van der Waals surface area contributed by atoms with Crippen LogP contribution in [0, 0.1) is 0 Å². The van der Waals surface area contributed by atoms with Gasteiger partial charge in [-0.1, -0.05) is 6.07 Å². The molecule has 0 radical (unpaired) electrons. The highest BCUT2D eigenvalue weighted by Crippen LogP contribution is 2.22. The number of hydrogen-bond acceptors (Lipinski definition) is 3. The Hall–Kier alpha value is -0.800. The van der Waals surface area contributed by atoms with Crippen molar-refractivity contribution >= 4 is 17.5 Å². The molecule has 0 saturated heterocycles. The summed E-state index contributed by atoms with van der Waals surface area (Å²) in [7, 11) is 0. The SMILES string of the molecule is CSc1cc(CN)ccc1C(C)=O. The minimum Gasteiger partial charge on any atom is -0.326 e. The third kappa shape index (κ3) is 2.32. The van der Waals surface area contributed by atoms with Gasteiger partial charge in [-0.2, -0.15) is 0 Å². The predicted molar refractivity (Wildman–Crippen MR) is 56.1 cm³/mol. The second-order valence-electron chi connectivity index (χ2n) is 2.79. The quantitative estimate of drug-likeness (QED) is 0.593. The molecule has 0 aromatic heterocycles. The molecule has 0 heterocycles. The van der Waals surface area contributed by atoms with Crippen molar-refractivity contribution in [3.8, 4) is 0 Å². The van der Waals surface area contributed by atoms with E-state index in [0.29, 0.717) is 6.54 Å². The first-order valence-electron chi connectivity index (χ1n) is 4.07. The first-order valence-corrected chi connectivity index (χ1v) is 5.29. The smallest absolute Gasteiger partial charge is 0.160 e. The highest BCUT2D eigenvalue weighted by atomic mass is 32.2. The monoisotopic (exact) mass is 195 g/mol. The van der Waals surface area contributed by atoms with Crippen LogP contribution in [0.1, 0.15) is 22.8 Å². The Morgan fingerprint density at radius 1 is 1.54 bits per heavy atom. The molecule has 0 aliphatic carbocycles. The van der Waals surface area contributed by atoms with Crippen LogP contribution in [0.2, 0.25) is 0 Å². The standard InChI is InChI=1S/C10H13NOS/c1-7(12)9-4-3-8(6-11)5-10(9)13-2/h3-5H,6,11H2,1-2H3. The summed E-state index contributed by atoms with van der Waals surface area (Å²) in [5.74, 6) is 0.105. The minimum atomic E-state index is 0.105. The van der Waals surface area contributed by atoms with Crippen molar-refractivity contribution in [2.75, 3.05) is 6.26 Å². The van der Waals surface area contributed by atoms with Crippen molar-refractivity contribution in [1.29, 1.82) is 0 Å². The van der Waals surface area contributed by atoms with Crippen LogP contribution in [0.25, 0.3) is 0 Å². The molecular weight excluding hydrogens is 182 g/mol. The maximum Gasteiger partial charge on any atom is 0.160 e. The zero-order valence-corrected chi connectivity index (χ0v) is 8.65. The molecule has 1 aromatic rings. The fourth-order valence-corrected chi connectivity index (χ4v) is 1.85. The van der Waals surface area contributed by atoms with Crippen LogP contribution in [0.5, 0.6) is 0 Å². The highest BCUT2D eigenvalue weighted by molar-refractivity contribution is 7.98. The van der Waals surface area contributed by atoms with Crippen LogP contribution in [0.4, 0.5) is 0 Å². The van der Waals surface area contributed by atoms with Crippen LogP contribution in [-0.2, 0) is 6.54 Å². The molecule has 0 saturated carbocycles. The fourth-order valence-electron chi connectivity index (χ4n) is 1.15. The molecule has 0 amide bonds. The molecule has 0 aliphatic heterocycles. The Balaban J connectivity index is 3.15. The largest absolute Gasteiger partial charge is 0.326 e. The average Bonchev–Trinajstić information content (AvgIpc) is 2.16. The van der Waals surface area contributed by atoms with Gasteiger partial charge in [-0.05, 0) is 30.9 Å². The molecule has 0 fully saturated rings. The molecule has 13 heavy (non-hydrogen) atoms. The predicted octanol–water partition coefficient (Wildman–Crippen LogP) is 2.07. The van der Waals surface area contributed by atoms with E-state index in [-0.39, 0.29) is 5.78 Å².